The lowest BCUT2D eigenvalue weighted by atomic mass is 9.81. The molecule has 3 aromatic carbocycles. The number of benzene rings is 3. The third-order valence-corrected chi connectivity index (χ3v) is 5.16. The molecule has 0 aliphatic heterocycles. The topological polar surface area (TPSA) is 79.2 Å². The highest BCUT2D eigenvalue weighted by molar-refractivity contribution is 5.84. The number of nitro groups is 1. The van der Waals surface area contributed by atoms with Crippen LogP contribution in [-0.4, -0.2) is 21.1 Å². The molecule has 0 bridgehead atoms. The van der Waals surface area contributed by atoms with Gasteiger partial charge in [-0.1, -0.05) is 78.9 Å². The number of nitrogens with one attached hydrogen (secondary N) is 1. The van der Waals surface area contributed by atoms with Crippen LogP contribution in [0.3, 0.4) is 0 Å². The lowest BCUT2D eigenvalue weighted by Gasteiger charge is -2.25. The van der Waals surface area contributed by atoms with Gasteiger partial charge in [0, 0.05) is 22.0 Å². The summed E-state index contributed by atoms with van der Waals surface area (Å²) in [7, 11) is 0. The van der Waals surface area contributed by atoms with Gasteiger partial charge in [0.2, 0.25) is 0 Å². The monoisotopic (exact) mass is 372 g/mol. The molecule has 4 aromatic rings. The molecule has 2 N–H and O–H groups in total. The van der Waals surface area contributed by atoms with Crippen molar-refractivity contribution in [1.29, 1.82) is 0 Å². The Kier molecular flexibility index (Phi) is 4.91. The standard InChI is InChI=1S/C23H20N2O3/c26-23(17-11-5-2-6-12-17)22(25(27)28)21(16-9-3-1-4-10-16)19-15-24-20-14-8-7-13-18(19)20/h1-15,21-24,26H/t21-,22-,23-/m1/s1. The minimum atomic E-state index is -1.24. The van der Waals surface area contributed by atoms with Crippen LogP contribution in [0.15, 0.2) is 91.1 Å². The molecule has 3 atom stereocenters. The number of aromatic amines is 1. The molecule has 28 heavy (non-hydrogen) atoms. The van der Waals surface area contributed by atoms with Gasteiger partial charge in [-0.15, -0.1) is 0 Å². The van der Waals surface area contributed by atoms with E-state index in [0.717, 1.165) is 22.0 Å². The second-order valence-electron chi connectivity index (χ2n) is 6.81. The molecule has 1 aromatic heterocycles. The Morgan fingerprint density at radius 1 is 0.821 bits per heavy atom. The average molecular weight is 372 g/mol. The molecule has 5 nitrogen and oxygen atoms in total. The summed E-state index contributed by atoms with van der Waals surface area (Å²) in [5.41, 5.74) is 3.04. The van der Waals surface area contributed by atoms with Gasteiger partial charge in [-0.05, 0) is 22.8 Å². The molecular formula is C23H20N2O3. The molecule has 4 rings (SSSR count). The van der Waals surface area contributed by atoms with Crippen molar-refractivity contribution >= 4 is 10.9 Å². The largest absolute Gasteiger partial charge is 0.381 e. The molecule has 0 amide bonds. The first-order chi connectivity index (χ1) is 13.7. The molecule has 5 heteroatoms. The first-order valence-electron chi connectivity index (χ1n) is 9.14. The van der Waals surface area contributed by atoms with E-state index in [4.69, 9.17) is 0 Å². The molecule has 0 aliphatic carbocycles. The Morgan fingerprint density at radius 3 is 2.04 bits per heavy atom. The van der Waals surface area contributed by atoms with Gasteiger partial charge in [-0.2, -0.15) is 0 Å². The van der Waals surface area contributed by atoms with E-state index in [1.165, 1.54) is 0 Å². The van der Waals surface area contributed by atoms with Crippen molar-refractivity contribution in [2.24, 2.45) is 0 Å². The zero-order valence-corrected chi connectivity index (χ0v) is 15.1. The van der Waals surface area contributed by atoms with E-state index in [1.807, 2.05) is 66.9 Å². The summed E-state index contributed by atoms with van der Waals surface area (Å²) < 4.78 is 0. The van der Waals surface area contributed by atoms with E-state index < -0.39 is 18.1 Å². The van der Waals surface area contributed by atoms with Gasteiger partial charge in [0.1, 0.15) is 6.10 Å². The summed E-state index contributed by atoms with van der Waals surface area (Å²) >= 11 is 0. The Bertz CT molecular complexity index is 1080. The maximum Gasteiger partial charge on any atom is 0.253 e. The van der Waals surface area contributed by atoms with Crippen LogP contribution in [0, 0.1) is 10.1 Å². The minimum absolute atomic E-state index is 0.364. The number of aliphatic hydroxyl groups is 1. The summed E-state index contributed by atoms with van der Waals surface area (Å²) in [6.45, 7) is 0. The first kappa shape index (κ1) is 17.9. The Morgan fingerprint density at radius 2 is 1.39 bits per heavy atom. The fourth-order valence-corrected chi connectivity index (χ4v) is 3.84. The zero-order chi connectivity index (χ0) is 19.5. The normalized spacial score (nSPS) is 14.5. The number of aromatic nitrogens is 1. The maximum atomic E-state index is 12.2. The Labute approximate surface area is 162 Å². The van der Waals surface area contributed by atoms with Gasteiger partial charge >= 0.3 is 0 Å². The number of hydrogen-bond acceptors (Lipinski definition) is 3. The SMILES string of the molecule is O=[N+]([O-])[C@H]([C@H](c1ccccc1)c1c[nH]c2ccccc12)[C@H](O)c1ccccc1. The summed E-state index contributed by atoms with van der Waals surface area (Å²) in [6.07, 6.45) is 0.575. The molecule has 0 spiro atoms. The second kappa shape index (κ2) is 7.66. The van der Waals surface area contributed by atoms with Crippen molar-refractivity contribution in [3.63, 3.8) is 0 Å². The highest BCUT2D eigenvalue weighted by atomic mass is 16.6. The van der Waals surface area contributed by atoms with Crippen LogP contribution < -0.4 is 0 Å². The molecule has 0 unspecified atom stereocenters. The highest BCUT2D eigenvalue weighted by Crippen LogP contribution is 2.39. The number of nitrogens with zero attached hydrogens (tertiary/aromatic N) is 1. The van der Waals surface area contributed by atoms with Crippen LogP contribution in [0.25, 0.3) is 10.9 Å². The maximum absolute atomic E-state index is 12.2. The highest BCUT2D eigenvalue weighted by Gasteiger charge is 2.42. The molecular weight excluding hydrogens is 352 g/mol. The predicted molar refractivity (Wildman–Crippen MR) is 109 cm³/mol. The van der Waals surface area contributed by atoms with E-state index in [9.17, 15) is 15.2 Å². The average Bonchev–Trinajstić information content (AvgIpc) is 3.16. The molecule has 1 heterocycles. The Balaban J connectivity index is 1.90. The fraction of sp³-hybridized carbons (Fsp3) is 0.130. The molecule has 140 valence electrons. The van der Waals surface area contributed by atoms with E-state index in [-0.39, 0.29) is 4.92 Å². The van der Waals surface area contributed by atoms with Gasteiger partial charge in [-0.3, -0.25) is 10.1 Å². The lowest BCUT2D eigenvalue weighted by Crippen LogP contribution is -2.34. The smallest absolute Gasteiger partial charge is 0.253 e. The van der Waals surface area contributed by atoms with Crippen molar-refractivity contribution in [3.05, 3.63) is 118 Å². The summed E-state index contributed by atoms with van der Waals surface area (Å²) in [5.74, 6) is -0.609. The van der Waals surface area contributed by atoms with Crippen molar-refractivity contribution in [2.75, 3.05) is 0 Å². The van der Waals surface area contributed by atoms with Crippen LogP contribution in [-0.2, 0) is 0 Å². The van der Waals surface area contributed by atoms with Crippen LogP contribution in [0.4, 0.5) is 0 Å². The van der Waals surface area contributed by atoms with E-state index in [0.29, 0.717) is 5.56 Å². The predicted octanol–water partition coefficient (Wildman–Crippen LogP) is 4.68. The summed E-state index contributed by atoms with van der Waals surface area (Å²) in [5, 5.41) is 24.1. The van der Waals surface area contributed by atoms with Crippen molar-refractivity contribution in [3.8, 4) is 0 Å². The number of hydrogen-bond donors (Lipinski definition) is 2. The van der Waals surface area contributed by atoms with E-state index in [1.54, 1.807) is 24.3 Å². The van der Waals surface area contributed by atoms with Gasteiger partial charge in [0.25, 0.3) is 6.04 Å². The lowest BCUT2D eigenvalue weighted by molar-refractivity contribution is -0.538. The van der Waals surface area contributed by atoms with Crippen molar-refractivity contribution < 1.29 is 10.0 Å². The third kappa shape index (κ3) is 3.28. The zero-order valence-electron chi connectivity index (χ0n) is 15.1. The third-order valence-electron chi connectivity index (χ3n) is 5.16. The number of aliphatic hydroxyl groups excluding tert-OH is 1. The van der Waals surface area contributed by atoms with Crippen LogP contribution in [0.1, 0.15) is 28.7 Å². The van der Waals surface area contributed by atoms with Crippen LogP contribution in [0.2, 0.25) is 0 Å². The van der Waals surface area contributed by atoms with E-state index in [2.05, 4.69) is 4.98 Å². The second-order valence-corrected chi connectivity index (χ2v) is 6.81. The van der Waals surface area contributed by atoms with Gasteiger partial charge in [-0.25, -0.2) is 0 Å². The quantitative estimate of drug-likeness (QED) is 0.381. The number of fused-ring (bicyclic) bond motifs is 1. The van der Waals surface area contributed by atoms with E-state index >= 15 is 0 Å². The van der Waals surface area contributed by atoms with Crippen LogP contribution >= 0.6 is 0 Å². The molecule has 0 aliphatic rings. The van der Waals surface area contributed by atoms with Gasteiger partial charge < -0.3 is 10.1 Å². The van der Waals surface area contributed by atoms with Gasteiger partial charge in [0.05, 0.1) is 5.92 Å². The number of rotatable bonds is 6. The fourth-order valence-electron chi connectivity index (χ4n) is 3.84. The summed E-state index contributed by atoms with van der Waals surface area (Å²) in [6, 6.07) is 24.7. The van der Waals surface area contributed by atoms with Gasteiger partial charge in [0.15, 0.2) is 0 Å². The molecule has 0 fully saturated rings. The first-order valence-corrected chi connectivity index (χ1v) is 9.14. The summed E-state index contributed by atoms with van der Waals surface area (Å²) in [4.78, 5) is 15.0. The minimum Gasteiger partial charge on any atom is -0.381 e. The number of para-hydroxylation sites is 1. The molecule has 0 saturated carbocycles. The number of H-pyrrole nitrogens is 1. The Hall–Kier alpha value is -3.44. The van der Waals surface area contributed by atoms with Crippen LogP contribution in [0.5, 0.6) is 0 Å². The molecule has 0 radical (unpaired) electrons. The molecule has 0 saturated heterocycles. The van der Waals surface area contributed by atoms with Crippen molar-refractivity contribution in [1.82, 2.24) is 4.98 Å². The van der Waals surface area contributed by atoms with Crippen molar-refractivity contribution in [2.45, 2.75) is 18.1 Å².